The molecule has 0 aliphatic carbocycles. The molecule has 0 fully saturated rings. The molecule has 2 rings (SSSR count). The number of aromatic nitrogens is 2. The third-order valence-electron chi connectivity index (χ3n) is 2.85. The van der Waals surface area contributed by atoms with Gasteiger partial charge in [0.15, 0.2) is 0 Å². The Morgan fingerprint density at radius 2 is 1.85 bits per heavy atom. The second-order valence-corrected chi connectivity index (χ2v) is 5.35. The molecule has 0 aliphatic heterocycles. The number of hydrogen-bond acceptors (Lipinski definition) is 3. The molecule has 0 saturated heterocycles. The standard InChI is InChI=1S/C16H19ClN2O/c1-4-9-20-13-7-5-12(6-8-13)14-10-15(17)19-16(18-14)11(2)3/h5-8,10-11H,4,9H2,1-3H3. The smallest absolute Gasteiger partial charge is 0.133 e. The molecule has 3 nitrogen and oxygen atoms in total. The van der Waals surface area contributed by atoms with Crippen molar-refractivity contribution < 1.29 is 4.74 Å². The molecule has 1 aromatic heterocycles. The summed E-state index contributed by atoms with van der Waals surface area (Å²) in [5.41, 5.74) is 1.86. The molecule has 0 aliphatic rings. The molecule has 2 aromatic rings. The molecule has 0 amide bonds. The van der Waals surface area contributed by atoms with Crippen LogP contribution in [0.3, 0.4) is 0 Å². The van der Waals surface area contributed by atoms with E-state index in [1.54, 1.807) is 6.07 Å². The first-order valence-electron chi connectivity index (χ1n) is 6.88. The monoisotopic (exact) mass is 290 g/mol. The summed E-state index contributed by atoms with van der Waals surface area (Å²) in [5, 5.41) is 0.477. The fourth-order valence-electron chi connectivity index (χ4n) is 1.78. The van der Waals surface area contributed by atoms with E-state index in [1.165, 1.54) is 0 Å². The summed E-state index contributed by atoms with van der Waals surface area (Å²) in [4.78, 5) is 8.81. The van der Waals surface area contributed by atoms with Crippen LogP contribution >= 0.6 is 11.6 Å². The maximum Gasteiger partial charge on any atom is 0.133 e. The molecule has 0 radical (unpaired) electrons. The molecule has 0 unspecified atom stereocenters. The topological polar surface area (TPSA) is 35.0 Å². The van der Waals surface area contributed by atoms with Gasteiger partial charge in [0.05, 0.1) is 12.3 Å². The number of benzene rings is 1. The van der Waals surface area contributed by atoms with Crippen molar-refractivity contribution in [2.45, 2.75) is 33.1 Å². The SMILES string of the molecule is CCCOc1ccc(-c2cc(Cl)nc(C(C)C)n2)cc1. The van der Waals surface area contributed by atoms with Gasteiger partial charge in [-0.1, -0.05) is 32.4 Å². The Morgan fingerprint density at radius 3 is 2.45 bits per heavy atom. The summed E-state index contributed by atoms with van der Waals surface area (Å²) in [7, 11) is 0. The molecule has 0 spiro atoms. The molecule has 0 atom stereocenters. The lowest BCUT2D eigenvalue weighted by Crippen LogP contribution is -1.99. The van der Waals surface area contributed by atoms with Gasteiger partial charge in [-0.25, -0.2) is 9.97 Å². The highest BCUT2D eigenvalue weighted by molar-refractivity contribution is 6.29. The van der Waals surface area contributed by atoms with Crippen LogP contribution < -0.4 is 4.74 Å². The van der Waals surface area contributed by atoms with Crippen LogP contribution in [-0.2, 0) is 0 Å². The van der Waals surface area contributed by atoms with Crippen LogP contribution in [-0.4, -0.2) is 16.6 Å². The summed E-state index contributed by atoms with van der Waals surface area (Å²) in [5.74, 6) is 1.89. The quantitative estimate of drug-likeness (QED) is 0.748. The van der Waals surface area contributed by atoms with Crippen molar-refractivity contribution >= 4 is 11.6 Å². The predicted octanol–water partition coefficient (Wildman–Crippen LogP) is 4.71. The molecule has 0 bridgehead atoms. The third-order valence-corrected chi connectivity index (χ3v) is 3.05. The van der Waals surface area contributed by atoms with Gasteiger partial charge in [-0.2, -0.15) is 0 Å². The minimum Gasteiger partial charge on any atom is -0.494 e. The highest BCUT2D eigenvalue weighted by atomic mass is 35.5. The van der Waals surface area contributed by atoms with Gasteiger partial charge in [-0.3, -0.25) is 0 Å². The molecular formula is C16H19ClN2O. The van der Waals surface area contributed by atoms with Crippen molar-refractivity contribution in [1.29, 1.82) is 0 Å². The zero-order valence-electron chi connectivity index (χ0n) is 12.1. The lowest BCUT2D eigenvalue weighted by Gasteiger charge is -2.09. The minimum absolute atomic E-state index is 0.250. The van der Waals surface area contributed by atoms with Crippen LogP contribution in [0.2, 0.25) is 5.15 Å². The van der Waals surface area contributed by atoms with Crippen molar-refractivity contribution in [3.8, 4) is 17.0 Å². The van der Waals surface area contributed by atoms with E-state index >= 15 is 0 Å². The fourth-order valence-corrected chi connectivity index (χ4v) is 1.97. The first-order chi connectivity index (χ1) is 9.60. The van der Waals surface area contributed by atoms with Gasteiger partial charge < -0.3 is 4.74 Å². The zero-order valence-corrected chi connectivity index (χ0v) is 12.8. The van der Waals surface area contributed by atoms with E-state index in [0.29, 0.717) is 5.15 Å². The largest absolute Gasteiger partial charge is 0.494 e. The van der Waals surface area contributed by atoms with Gasteiger partial charge in [-0.15, -0.1) is 0 Å². The van der Waals surface area contributed by atoms with Crippen molar-refractivity contribution in [3.05, 3.63) is 41.3 Å². The van der Waals surface area contributed by atoms with E-state index < -0.39 is 0 Å². The van der Waals surface area contributed by atoms with Crippen LogP contribution in [0.25, 0.3) is 11.3 Å². The van der Waals surface area contributed by atoms with Crippen LogP contribution in [0, 0.1) is 0 Å². The highest BCUT2D eigenvalue weighted by Gasteiger charge is 2.08. The van der Waals surface area contributed by atoms with Crippen LogP contribution in [0.1, 0.15) is 38.9 Å². The maximum absolute atomic E-state index is 6.07. The Balaban J connectivity index is 2.27. The molecule has 20 heavy (non-hydrogen) atoms. The molecule has 4 heteroatoms. The average Bonchev–Trinajstić information content (AvgIpc) is 2.45. The summed E-state index contributed by atoms with van der Waals surface area (Å²) in [6.45, 7) is 6.93. The van der Waals surface area contributed by atoms with Gasteiger partial charge >= 0.3 is 0 Å². The van der Waals surface area contributed by atoms with Gasteiger partial charge in [0.2, 0.25) is 0 Å². The second-order valence-electron chi connectivity index (χ2n) is 4.96. The molecule has 1 aromatic carbocycles. The first kappa shape index (κ1) is 14.8. The summed E-state index contributed by atoms with van der Waals surface area (Å²) >= 11 is 6.07. The predicted molar refractivity (Wildman–Crippen MR) is 82.4 cm³/mol. The maximum atomic E-state index is 6.07. The lowest BCUT2D eigenvalue weighted by atomic mass is 10.1. The Bertz CT molecular complexity index is 567. The van der Waals surface area contributed by atoms with Crippen molar-refractivity contribution in [1.82, 2.24) is 9.97 Å². The number of halogens is 1. The number of nitrogens with zero attached hydrogens (tertiary/aromatic N) is 2. The normalized spacial score (nSPS) is 10.8. The van der Waals surface area contributed by atoms with Crippen LogP contribution in [0.5, 0.6) is 5.75 Å². The van der Waals surface area contributed by atoms with Gasteiger partial charge in [0.1, 0.15) is 16.7 Å². The fraction of sp³-hybridized carbons (Fsp3) is 0.375. The molecule has 0 N–H and O–H groups in total. The van der Waals surface area contributed by atoms with E-state index in [4.69, 9.17) is 16.3 Å². The van der Waals surface area contributed by atoms with Crippen molar-refractivity contribution in [2.24, 2.45) is 0 Å². The van der Waals surface area contributed by atoms with Crippen LogP contribution in [0.4, 0.5) is 0 Å². The Hall–Kier alpha value is -1.61. The molecular weight excluding hydrogens is 272 g/mol. The molecule has 0 saturated carbocycles. The molecule has 1 heterocycles. The van der Waals surface area contributed by atoms with Gasteiger partial charge in [0, 0.05) is 17.5 Å². The van der Waals surface area contributed by atoms with Gasteiger partial charge in [-0.05, 0) is 30.7 Å². The summed E-state index contributed by atoms with van der Waals surface area (Å²) < 4.78 is 5.57. The Labute approximate surface area is 125 Å². The minimum atomic E-state index is 0.250. The first-order valence-corrected chi connectivity index (χ1v) is 7.25. The van der Waals surface area contributed by atoms with Crippen molar-refractivity contribution in [3.63, 3.8) is 0 Å². The van der Waals surface area contributed by atoms with Crippen molar-refractivity contribution in [2.75, 3.05) is 6.61 Å². The lowest BCUT2D eigenvalue weighted by molar-refractivity contribution is 0.317. The average molecular weight is 291 g/mol. The summed E-state index contributed by atoms with van der Waals surface area (Å²) in [6.07, 6.45) is 1.00. The summed E-state index contributed by atoms with van der Waals surface area (Å²) in [6, 6.07) is 9.68. The van der Waals surface area contributed by atoms with E-state index in [9.17, 15) is 0 Å². The van der Waals surface area contributed by atoms with E-state index in [1.807, 2.05) is 24.3 Å². The highest BCUT2D eigenvalue weighted by Crippen LogP contribution is 2.24. The number of hydrogen-bond donors (Lipinski definition) is 0. The van der Waals surface area contributed by atoms with E-state index in [0.717, 1.165) is 35.9 Å². The van der Waals surface area contributed by atoms with E-state index in [2.05, 4.69) is 30.7 Å². The molecule has 106 valence electrons. The zero-order chi connectivity index (χ0) is 14.5. The second kappa shape index (κ2) is 6.71. The van der Waals surface area contributed by atoms with E-state index in [-0.39, 0.29) is 5.92 Å². The third kappa shape index (κ3) is 3.70. The van der Waals surface area contributed by atoms with Gasteiger partial charge in [0.25, 0.3) is 0 Å². The Kier molecular flexibility index (Phi) is 4.96. The Morgan fingerprint density at radius 1 is 1.15 bits per heavy atom. The number of rotatable bonds is 5. The van der Waals surface area contributed by atoms with Crippen LogP contribution in [0.15, 0.2) is 30.3 Å². The number of ether oxygens (including phenoxy) is 1.